The molecule has 0 aliphatic carbocycles. The molecule has 6 rings (SSSR count). The van der Waals surface area contributed by atoms with Gasteiger partial charge in [0.2, 0.25) is 0 Å². The van der Waals surface area contributed by atoms with Gasteiger partial charge in [-0.05, 0) is 44.5 Å². The number of furan rings is 1. The molecule has 0 unspecified atom stereocenters. The third-order valence-electron chi connectivity index (χ3n) is 6.83. The van der Waals surface area contributed by atoms with Gasteiger partial charge in [-0.3, -0.25) is 4.79 Å². The highest BCUT2D eigenvalue weighted by atomic mass is 16.6. The molecule has 0 saturated carbocycles. The molecule has 10 heteroatoms. The Bertz CT molecular complexity index is 1660. The van der Waals surface area contributed by atoms with E-state index in [9.17, 15) is 9.59 Å². The van der Waals surface area contributed by atoms with E-state index in [2.05, 4.69) is 15.1 Å². The molecule has 1 N–H and O–H groups in total. The van der Waals surface area contributed by atoms with Gasteiger partial charge in [-0.15, -0.1) is 0 Å². The second-order valence-corrected chi connectivity index (χ2v) is 10.9. The number of aromatic amines is 1. The lowest BCUT2D eigenvalue weighted by molar-refractivity contribution is 0.0284. The molecule has 0 fully saturated rings. The van der Waals surface area contributed by atoms with E-state index >= 15 is 0 Å². The Morgan fingerprint density at radius 3 is 2.82 bits per heavy atom. The summed E-state index contributed by atoms with van der Waals surface area (Å²) in [6, 6.07) is 13.1. The Morgan fingerprint density at radius 2 is 2.03 bits per heavy atom. The molecular weight excluding hydrogens is 496 g/mol. The quantitative estimate of drug-likeness (QED) is 0.355. The maximum atomic E-state index is 14.0. The number of benzene rings is 1. The Balaban J connectivity index is 1.29. The van der Waals surface area contributed by atoms with Crippen LogP contribution in [0.15, 0.2) is 65.6 Å². The van der Waals surface area contributed by atoms with E-state index in [1.54, 1.807) is 24.1 Å². The summed E-state index contributed by atoms with van der Waals surface area (Å²) < 4.78 is 13.3. The first-order valence-electron chi connectivity index (χ1n) is 12.9. The molecule has 0 radical (unpaired) electrons. The topological polar surface area (TPSA) is 109 Å². The molecule has 0 bridgehead atoms. The van der Waals surface area contributed by atoms with Crippen molar-refractivity contribution in [3.63, 3.8) is 0 Å². The number of nitrogens with one attached hydrogen (secondary N) is 1. The minimum atomic E-state index is -0.572. The summed E-state index contributed by atoms with van der Waals surface area (Å²) in [5.41, 5.74) is 4.01. The summed E-state index contributed by atoms with van der Waals surface area (Å²) in [7, 11) is 1.69. The van der Waals surface area contributed by atoms with Crippen LogP contribution in [0.4, 0.5) is 4.79 Å². The fraction of sp³-hybridized carbons (Fsp3) is 0.310. The van der Waals surface area contributed by atoms with Crippen LogP contribution in [0.1, 0.15) is 59.9 Å². The van der Waals surface area contributed by atoms with Gasteiger partial charge in [0.25, 0.3) is 5.91 Å². The summed E-state index contributed by atoms with van der Waals surface area (Å²) in [6.07, 6.45) is 5.34. The zero-order valence-corrected chi connectivity index (χ0v) is 22.3. The average molecular weight is 527 g/mol. The zero-order valence-electron chi connectivity index (χ0n) is 22.3. The van der Waals surface area contributed by atoms with Crippen LogP contribution in [0.5, 0.6) is 0 Å². The van der Waals surface area contributed by atoms with Crippen molar-refractivity contribution in [2.75, 3.05) is 13.6 Å². The second-order valence-electron chi connectivity index (χ2n) is 10.9. The van der Waals surface area contributed by atoms with Gasteiger partial charge >= 0.3 is 6.09 Å². The molecule has 4 aromatic heterocycles. The van der Waals surface area contributed by atoms with E-state index in [-0.39, 0.29) is 5.91 Å². The van der Waals surface area contributed by atoms with Gasteiger partial charge in [0.05, 0.1) is 35.8 Å². The Labute approximate surface area is 225 Å². The maximum Gasteiger partial charge on any atom is 0.410 e. The highest BCUT2D eigenvalue weighted by Gasteiger charge is 2.37. The number of H-pyrrole nitrogens is 1. The first-order chi connectivity index (χ1) is 18.7. The lowest BCUT2D eigenvalue weighted by Crippen LogP contribution is -2.40. The monoisotopic (exact) mass is 526 g/mol. The van der Waals surface area contributed by atoms with Crippen molar-refractivity contribution in [3.8, 4) is 0 Å². The maximum absolute atomic E-state index is 14.0. The molecule has 2 amide bonds. The van der Waals surface area contributed by atoms with Crippen molar-refractivity contribution >= 4 is 28.5 Å². The van der Waals surface area contributed by atoms with Gasteiger partial charge in [0.15, 0.2) is 0 Å². The van der Waals surface area contributed by atoms with Crippen molar-refractivity contribution in [1.82, 2.24) is 29.4 Å². The number of hydrogen-bond acceptors (Lipinski definition) is 6. The number of imidazole rings is 1. The first-order valence-corrected chi connectivity index (χ1v) is 12.9. The summed E-state index contributed by atoms with van der Waals surface area (Å²) in [5, 5.41) is 5.44. The highest BCUT2D eigenvalue weighted by molar-refractivity contribution is 6.01. The van der Waals surface area contributed by atoms with Gasteiger partial charge in [0.1, 0.15) is 23.0 Å². The van der Waals surface area contributed by atoms with Crippen LogP contribution in [0.3, 0.4) is 0 Å². The smallest absolute Gasteiger partial charge is 0.410 e. The van der Waals surface area contributed by atoms with Gasteiger partial charge in [-0.2, -0.15) is 5.10 Å². The number of carbonyl (C=O) groups is 2. The Hall–Kier alpha value is -4.60. The number of aromatic nitrogens is 4. The van der Waals surface area contributed by atoms with Crippen LogP contribution >= 0.6 is 0 Å². The van der Waals surface area contributed by atoms with E-state index < -0.39 is 17.7 Å². The van der Waals surface area contributed by atoms with E-state index in [0.717, 1.165) is 27.9 Å². The first kappa shape index (κ1) is 24.7. The normalized spacial score (nSPS) is 15.5. The van der Waals surface area contributed by atoms with E-state index in [0.29, 0.717) is 36.4 Å². The Morgan fingerprint density at radius 1 is 1.21 bits per heavy atom. The molecule has 200 valence electrons. The number of hydrogen-bond donors (Lipinski definition) is 1. The molecule has 10 nitrogen and oxygen atoms in total. The standard InChI is InChI=1S/C29H30N6O4/c1-29(2,3)39-28(37)33(4)15-18-9-10-22-20(14-32-35(22)16-18)27(36)34-12-11-21-25(31-17-30-21)26(34)24-13-19-7-5-6-8-23(19)38-24/h5-10,13-14,16-17,26H,11-12,15H2,1-4H3,(H,30,31)/t26-/m1/s1. The minimum Gasteiger partial charge on any atom is -0.458 e. The van der Waals surface area contributed by atoms with Gasteiger partial charge in [-0.1, -0.05) is 24.3 Å². The number of para-hydroxylation sites is 1. The predicted octanol–water partition coefficient (Wildman–Crippen LogP) is 4.96. The van der Waals surface area contributed by atoms with Crippen LogP contribution < -0.4 is 0 Å². The summed E-state index contributed by atoms with van der Waals surface area (Å²) in [5.74, 6) is 0.518. The third kappa shape index (κ3) is 4.62. The van der Waals surface area contributed by atoms with Crippen LogP contribution in [-0.4, -0.2) is 60.6 Å². The number of carbonyl (C=O) groups excluding carboxylic acids is 2. The largest absolute Gasteiger partial charge is 0.458 e. The highest BCUT2D eigenvalue weighted by Crippen LogP contribution is 2.37. The third-order valence-corrected chi connectivity index (χ3v) is 6.83. The molecule has 39 heavy (non-hydrogen) atoms. The summed E-state index contributed by atoms with van der Waals surface area (Å²) in [6.45, 7) is 6.35. The van der Waals surface area contributed by atoms with E-state index in [4.69, 9.17) is 9.15 Å². The van der Waals surface area contributed by atoms with Gasteiger partial charge in [-0.25, -0.2) is 14.3 Å². The van der Waals surface area contributed by atoms with Crippen LogP contribution in [0.2, 0.25) is 0 Å². The van der Waals surface area contributed by atoms with Crippen LogP contribution in [0, 0.1) is 0 Å². The molecule has 0 saturated heterocycles. The fourth-order valence-corrected chi connectivity index (χ4v) is 5.04. The minimum absolute atomic E-state index is 0.150. The average Bonchev–Trinajstić information content (AvgIpc) is 3.64. The lowest BCUT2D eigenvalue weighted by atomic mass is 9.99. The fourth-order valence-electron chi connectivity index (χ4n) is 5.04. The van der Waals surface area contributed by atoms with Gasteiger partial charge < -0.3 is 23.9 Å². The summed E-state index contributed by atoms with van der Waals surface area (Å²) in [4.78, 5) is 37.5. The molecule has 1 aromatic carbocycles. The van der Waals surface area contributed by atoms with E-state index in [1.165, 1.54) is 4.90 Å². The van der Waals surface area contributed by atoms with Crippen molar-refractivity contribution < 1.29 is 18.7 Å². The molecule has 5 aromatic rings. The van der Waals surface area contributed by atoms with Crippen LogP contribution in [0.25, 0.3) is 16.5 Å². The number of fused-ring (bicyclic) bond motifs is 3. The Kier molecular flexibility index (Phi) is 5.90. The van der Waals surface area contributed by atoms with Gasteiger partial charge in [0, 0.05) is 37.3 Å². The zero-order chi connectivity index (χ0) is 27.3. The molecule has 1 aliphatic heterocycles. The molecule has 1 aliphatic rings. The van der Waals surface area contributed by atoms with Crippen molar-refractivity contribution in [2.24, 2.45) is 0 Å². The van der Waals surface area contributed by atoms with Crippen molar-refractivity contribution in [2.45, 2.75) is 45.4 Å². The number of pyridine rings is 1. The molecule has 1 atom stereocenters. The number of nitrogens with zero attached hydrogens (tertiary/aromatic N) is 5. The van der Waals surface area contributed by atoms with Crippen LogP contribution in [-0.2, 0) is 17.7 Å². The second kappa shape index (κ2) is 9.30. The molecule has 5 heterocycles. The van der Waals surface area contributed by atoms with E-state index in [1.807, 2.05) is 74.3 Å². The SMILES string of the molecule is CN(Cc1ccc2c(C(=O)N3CCc4[nH]cnc4[C@H]3c3cc4ccccc4o3)cnn2c1)C(=O)OC(C)(C)C. The number of ether oxygens (including phenoxy) is 1. The number of rotatable bonds is 4. The molecule has 0 spiro atoms. The predicted molar refractivity (Wildman–Crippen MR) is 144 cm³/mol. The summed E-state index contributed by atoms with van der Waals surface area (Å²) >= 11 is 0. The van der Waals surface area contributed by atoms with Crippen molar-refractivity contribution in [3.05, 3.63) is 89.5 Å². The lowest BCUT2D eigenvalue weighted by Gasteiger charge is -2.33. The molecular formula is C29H30N6O4. The van der Waals surface area contributed by atoms with Crippen molar-refractivity contribution in [1.29, 1.82) is 0 Å². The number of amides is 2.